The maximum atomic E-state index is 5.85. The van der Waals surface area contributed by atoms with Crippen LogP contribution in [-0.4, -0.2) is 19.3 Å². The summed E-state index contributed by atoms with van der Waals surface area (Å²) in [6.45, 7) is 3.66. The van der Waals surface area contributed by atoms with Gasteiger partial charge in [0.2, 0.25) is 0 Å². The fourth-order valence-corrected chi connectivity index (χ4v) is 2.31. The van der Waals surface area contributed by atoms with E-state index in [-0.39, 0.29) is 0 Å². The Balaban J connectivity index is 1.72. The Morgan fingerprint density at radius 1 is 1.35 bits per heavy atom. The van der Waals surface area contributed by atoms with Crippen LogP contribution in [0.1, 0.15) is 31.2 Å². The fraction of sp³-hybridized carbons (Fsp3) is 0.571. The maximum absolute atomic E-state index is 5.85. The molecule has 1 saturated carbocycles. The number of hydrogen-bond donors (Lipinski definition) is 2. The van der Waals surface area contributed by atoms with Gasteiger partial charge in [-0.3, -0.25) is 0 Å². The van der Waals surface area contributed by atoms with Crippen molar-refractivity contribution < 1.29 is 4.74 Å². The molecule has 1 aliphatic rings. The zero-order valence-electron chi connectivity index (χ0n) is 10.5. The topological polar surface area (TPSA) is 47.3 Å². The second kappa shape index (κ2) is 5.92. The molecular weight excluding hydrogens is 212 g/mol. The highest BCUT2D eigenvalue weighted by atomic mass is 16.5. The van der Waals surface area contributed by atoms with Gasteiger partial charge < -0.3 is 15.8 Å². The third-order valence-electron chi connectivity index (χ3n) is 3.45. The van der Waals surface area contributed by atoms with E-state index in [1.807, 2.05) is 19.1 Å². The lowest BCUT2D eigenvalue weighted by molar-refractivity contribution is 0.0659. The minimum Gasteiger partial charge on any atom is -0.398 e. The van der Waals surface area contributed by atoms with Gasteiger partial charge in [0, 0.05) is 17.9 Å². The molecule has 0 saturated heterocycles. The predicted octanol–water partition coefficient (Wildman–Crippen LogP) is 2.95. The van der Waals surface area contributed by atoms with Crippen molar-refractivity contribution in [2.45, 2.75) is 38.7 Å². The molecule has 0 aliphatic heterocycles. The van der Waals surface area contributed by atoms with E-state index in [1.54, 1.807) is 0 Å². The predicted molar refractivity (Wildman–Crippen MR) is 72.3 cm³/mol. The molecule has 3 N–H and O–H groups in total. The van der Waals surface area contributed by atoms with Gasteiger partial charge in [-0.1, -0.05) is 18.9 Å². The van der Waals surface area contributed by atoms with E-state index in [9.17, 15) is 0 Å². The minimum absolute atomic E-state index is 0.499. The number of nitrogens with one attached hydrogen (secondary N) is 1. The van der Waals surface area contributed by atoms with Crippen molar-refractivity contribution in [3.8, 4) is 0 Å². The molecule has 0 radical (unpaired) electrons. The Hall–Kier alpha value is -1.22. The zero-order chi connectivity index (χ0) is 12.1. The highest BCUT2D eigenvalue weighted by molar-refractivity contribution is 5.62. The summed E-state index contributed by atoms with van der Waals surface area (Å²) < 4.78 is 5.80. The average molecular weight is 234 g/mol. The van der Waals surface area contributed by atoms with Crippen molar-refractivity contribution in [2.75, 3.05) is 24.2 Å². The van der Waals surface area contributed by atoms with Crippen LogP contribution in [0.3, 0.4) is 0 Å². The van der Waals surface area contributed by atoms with Gasteiger partial charge in [-0.2, -0.15) is 0 Å². The lowest BCUT2D eigenvalue weighted by Gasteiger charge is -2.14. The van der Waals surface area contributed by atoms with Crippen LogP contribution in [-0.2, 0) is 4.74 Å². The van der Waals surface area contributed by atoms with Crippen molar-refractivity contribution in [3.05, 3.63) is 23.8 Å². The number of nitrogen functional groups attached to an aromatic ring is 1. The first-order valence-corrected chi connectivity index (χ1v) is 6.48. The third-order valence-corrected chi connectivity index (χ3v) is 3.45. The minimum atomic E-state index is 0.499. The normalized spacial score (nSPS) is 16.3. The van der Waals surface area contributed by atoms with Crippen LogP contribution in [0, 0.1) is 6.92 Å². The molecule has 1 aliphatic carbocycles. The lowest BCUT2D eigenvalue weighted by atomic mass is 10.1. The molecule has 0 spiro atoms. The highest BCUT2D eigenvalue weighted by Gasteiger charge is 2.14. The van der Waals surface area contributed by atoms with Gasteiger partial charge in [0.25, 0.3) is 0 Å². The van der Waals surface area contributed by atoms with Gasteiger partial charge in [-0.25, -0.2) is 0 Å². The van der Waals surface area contributed by atoms with E-state index in [1.165, 1.54) is 25.7 Å². The van der Waals surface area contributed by atoms with Crippen LogP contribution in [0.15, 0.2) is 18.2 Å². The van der Waals surface area contributed by atoms with Crippen molar-refractivity contribution in [1.82, 2.24) is 0 Å². The first-order chi connectivity index (χ1) is 8.27. The molecule has 3 nitrogen and oxygen atoms in total. The smallest absolute Gasteiger partial charge is 0.0642 e. The summed E-state index contributed by atoms with van der Waals surface area (Å²) in [6, 6.07) is 5.96. The second-order valence-electron chi connectivity index (χ2n) is 4.72. The van der Waals surface area contributed by atoms with Gasteiger partial charge in [0.05, 0.1) is 12.7 Å². The van der Waals surface area contributed by atoms with Crippen LogP contribution in [0.25, 0.3) is 0 Å². The van der Waals surface area contributed by atoms with E-state index >= 15 is 0 Å². The van der Waals surface area contributed by atoms with Gasteiger partial charge in [0.1, 0.15) is 0 Å². The first-order valence-electron chi connectivity index (χ1n) is 6.48. The molecule has 1 fully saturated rings. The molecule has 94 valence electrons. The summed E-state index contributed by atoms with van der Waals surface area (Å²) >= 11 is 0. The van der Waals surface area contributed by atoms with Crippen LogP contribution < -0.4 is 11.1 Å². The number of ether oxygens (including phenoxy) is 1. The van der Waals surface area contributed by atoms with Gasteiger partial charge in [-0.15, -0.1) is 0 Å². The largest absolute Gasteiger partial charge is 0.398 e. The number of rotatable bonds is 5. The van der Waals surface area contributed by atoms with Crippen molar-refractivity contribution >= 4 is 11.4 Å². The molecular formula is C14H22N2O. The summed E-state index contributed by atoms with van der Waals surface area (Å²) in [4.78, 5) is 0. The van der Waals surface area contributed by atoms with Crippen LogP contribution in [0.2, 0.25) is 0 Å². The van der Waals surface area contributed by atoms with E-state index < -0.39 is 0 Å². The third kappa shape index (κ3) is 3.37. The number of anilines is 2. The van der Waals surface area contributed by atoms with E-state index in [0.717, 1.165) is 30.1 Å². The molecule has 3 heteroatoms. The van der Waals surface area contributed by atoms with Crippen molar-refractivity contribution in [2.24, 2.45) is 0 Å². The van der Waals surface area contributed by atoms with Crippen molar-refractivity contribution in [3.63, 3.8) is 0 Å². The molecule has 0 heterocycles. The number of nitrogens with two attached hydrogens (primary N) is 1. The van der Waals surface area contributed by atoms with E-state index in [0.29, 0.717) is 6.10 Å². The SMILES string of the molecule is Cc1c(N)cccc1NCCOC1CCCC1. The van der Waals surface area contributed by atoms with Gasteiger partial charge >= 0.3 is 0 Å². The van der Waals surface area contributed by atoms with E-state index in [4.69, 9.17) is 10.5 Å². The summed E-state index contributed by atoms with van der Waals surface area (Å²) in [5.41, 5.74) is 8.92. The van der Waals surface area contributed by atoms with Gasteiger partial charge in [-0.05, 0) is 37.5 Å². The number of hydrogen-bond acceptors (Lipinski definition) is 3. The Kier molecular flexibility index (Phi) is 4.26. The molecule has 0 amide bonds. The second-order valence-corrected chi connectivity index (χ2v) is 4.72. The van der Waals surface area contributed by atoms with E-state index in [2.05, 4.69) is 11.4 Å². The molecule has 1 aromatic carbocycles. The molecule has 17 heavy (non-hydrogen) atoms. The molecule has 0 bridgehead atoms. The Morgan fingerprint density at radius 2 is 2.12 bits per heavy atom. The molecule has 0 unspecified atom stereocenters. The first kappa shape index (κ1) is 12.2. The zero-order valence-corrected chi connectivity index (χ0v) is 10.5. The summed E-state index contributed by atoms with van der Waals surface area (Å²) in [5.74, 6) is 0. The molecule has 0 atom stereocenters. The van der Waals surface area contributed by atoms with Crippen LogP contribution in [0.5, 0.6) is 0 Å². The lowest BCUT2D eigenvalue weighted by Crippen LogP contribution is -2.15. The van der Waals surface area contributed by atoms with Crippen LogP contribution in [0.4, 0.5) is 11.4 Å². The molecule has 0 aromatic heterocycles. The van der Waals surface area contributed by atoms with Crippen LogP contribution >= 0.6 is 0 Å². The summed E-state index contributed by atoms with van der Waals surface area (Å²) in [7, 11) is 0. The van der Waals surface area contributed by atoms with Gasteiger partial charge in [0.15, 0.2) is 0 Å². The average Bonchev–Trinajstić information content (AvgIpc) is 2.83. The monoisotopic (exact) mass is 234 g/mol. The summed E-state index contributed by atoms with van der Waals surface area (Å²) in [5, 5.41) is 3.37. The maximum Gasteiger partial charge on any atom is 0.0642 e. The Morgan fingerprint density at radius 3 is 2.88 bits per heavy atom. The summed E-state index contributed by atoms with van der Waals surface area (Å²) in [6.07, 6.45) is 5.62. The van der Waals surface area contributed by atoms with Crippen molar-refractivity contribution in [1.29, 1.82) is 0 Å². The quantitative estimate of drug-likeness (QED) is 0.608. The fourth-order valence-electron chi connectivity index (χ4n) is 2.31. The Bertz CT molecular complexity index is 359. The number of benzene rings is 1. The standard InChI is InChI=1S/C14H22N2O/c1-11-13(15)7-4-8-14(11)16-9-10-17-12-5-2-3-6-12/h4,7-8,12,16H,2-3,5-6,9-10,15H2,1H3. The highest BCUT2D eigenvalue weighted by Crippen LogP contribution is 2.21. The Labute approximate surface area is 103 Å². The molecule has 2 rings (SSSR count). The molecule has 1 aromatic rings.